The van der Waals surface area contributed by atoms with Crippen LogP contribution in [0.1, 0.15) is 24.3 Å². The van der Waals surface area contributed by atoms with Gasteiger partial charge < -0.3 is 13.7 Å². The van der Waals surface area contributed by atoms with Crippen LogP contribution in [0.3, 0.4) is 0 Å². The standard InChI is InChI=1S/C20H18ClN5O4S/c1-2-28-18(27)10-17-23-24-20(26(17)11-13-6-5-9-29-13)31-12-16-22-19(30-25-16)14-7-3-4-8-15(14)21/h3-9H,2,10-12H2,1H3. The van der Waals surface area contributed by atoms with E-state index < -0.39 is 0 Å². The summed E-state index contributed by atoms with van der Waals surface area (Å²) in [5.74, 6) is 2.06. The summed E-state index contributed by atoms with van der Waals surface area (Å²) in [5.41, 5.74) is 0.672. The molecular weight excluding hydrogens is 442 g/mol. The molecule has 9 nitrogen and oxygen atoms in total. The molecule has 0 saturated heterocycles. The Morgan fingerprint density at radius 1 is 1.23 bits per heavy atom. The van der Waals surface area contributed by atoms with E-state index in [9.17, 15) is 4.79 Å². The van der Waals surface area contributed by atoms with E-state index in [1.165, 1.54) is 11.8 Å². The number of thioether (sulfide) groups is 1. The van der Waals surface area contributed by atoms with Crippen molar-refractivity contribution >= 4 is 29.3 Å². The third-order valence-corrected chi connectivity index (χ3v) is 5.49. The highest BCUT2D eigenvalue weighted by molar-refractivity contribution is 7.98. The lowest BCUT2D eigenvalue weighted by molar-refractivity contribution is -0.142. The molecule has 4 rings (SSSR count). The third kappa shape index (κ3) is 5.15. The fraction of sp³-hybridized carbons (Fsp3) is 0.250. The Morgan fingerprint density at radius 2 is 2.10 bits per heavy atom. The number of hydrogen-bond acceptors (Lipinski definition) is 9. The van der Waals surface area contributed by atoms with Crippen LogP contribution in [0.25, 0.3) is 11.5 Å². The van der Waals surface area contributed by atoms with Gasteiger partial charge in [0.25, 0.3) is 5.89 Å². The quantitative estimate of drug-likeness (QED) is 0.270. The summed E-state index contributed by atoms with van der Waals surface area (Å²) in [6, 6.07) is 10.9. The molecule has 4 aromatic rings. The highest BCUT2D eigenvalue weighted by Crippen LogP contribution is 2.28. The largest absolute Gasteiger partial charge is 0.467 e. The Bertz CT molecular complexity index is 1160. The number of hydrogen-bond donors (Lipinski definition) is 0. The van der Waals surface area contributed by atoms with E-state index >= 15 is 0 Å². The molecular formula is C20H18ClN5O4S. The summed E-state index contributed by atoms with van der Waals surface area (Å²) in [4.78, 5) is 16.4. The molecule has 3 aromatic heterocycles. The maximum Gasteiger partial charge on any atom is 0.313 e. The van der Waals surface area contributed by atoms with Crippen LogP contribution in [-0.2, 0) is 28.2 Å². The first-order valence-electron chi connectivity index (χ1n) is 9.44. The van der Waals surface area contributed by atoms with Crippen LogP contribution in [0.15, 0.2) is 56.8 Å². The van der Waals surface area contributed by atoms with Gasteiger partial charge in [0.05, 0.1) is 35.8 Å². The number of ether oxygens (including phenoxy) is 1. The molecule has 0 aliphatic rings. The van der Waals surface area contributed by atoms with Crippen molar-refractivity contribution in [2.45, 2.75) is 30.8 Å². The van der Waals surface area contributed by atoms with Gasteiger partial charge in [-0.05, 0) is 31.2 Å². The van der Waals surface area contributed by atoms with Crippen molar-refractivity contribution in [3.63, 3.8) is 0 Å². The Balaban J connectivity index is 1.51. The zero-order valence-corrected chi connectivity index (χ0v) is 18.1. The van der Waals surface area contributed by atoms with E-state index in [2.05, 4.69) is 20.3 Å². The van der Waals surface area contributed by atoms with Crippen molar-refractivity contribution < 1.29 is 18.5 Å². The highest BCUT2D eigenvalue weighted by Gasteiger charge is 2.19. The number of nitrogens with zero attached hydrogens (tertiary/aromatic N) is 5. The van der Waals surface area contributed by atoms with Crippen LogP contribution in [0, 0.1) is 0 Å². The number of benzene rings is 1. The van der Waals surface area contributed by atoms with Crippen LogP contribution >= 0.6 is 23.4 Å². The fourth-order valence-corrected chi connectivity index (χ4v) is 3.82. The van der Waals surface area contributed by atoms with E-state index in [1.54, 1.807) is 25.3 Å². The molecule has 11 heteroatoms. The monoisotopic (exact) mass is 459 g/mol. The number of carbonyl (C=O) groups excluding carboxylic acids is 1. The normalized spacial score (nSPS) is 11.0. The van der Waals surface area contributed by atoms with E-state index in [4.69, 9.17) is 25.3 Å². The molecule has 0 radical (unpaired) electrons. The van der Waals surface area contributed by atoms with Gasteiger partial charge in [-0.1, -0.05) is 40.7 Å². The number of halogens is 1. The van der Waals surface area contributed by atoms with Crippen LogP contribution in [0.2, 0.25) is 5.02 Å². The van der Waals surface area contributed by atoms with E-state index in [0.29, 0.717) is 57.9 Å². The second-order valence-corrected chi connectivity index (χ2v) is 7.68. The summed E-state index contributed by atoms with van der Waals surface area (Å²) in [5, 5.41) is 13.5. The predicted octanol–water partition coefficient (Wildman–Crippen LogP) is 4.02. The second kappa shape index (κ2) is 9.80. The second-order valence-electron chi connectivity index (χ2n) is 6.33. The molecule has 0 spiro atoms. The molecule has 0 aliphatic carbocycles. The molecule has 0 N–H and O–H groups in total. The Labute approximate surface area is 186 Å². The minimum Gasteiger partial charge on any atom is -0.467 e. The van der Waals surface area contributed by atoms with Crippen molar-refractivity contribution in [2.75, 3.05) is 6.61 Å². The molecule has 0 atom stereocenters. The summed E-state index contributed by atoms with van der Waals surface area (Å²) >= 11 is 7.57. The zero-order chi connectivity index (χ0) is 21.6. The number of esters is 1. The Hall–Kier alpha value is -3.11. The van der Waals surface area contributed by atoms with Crippen LogP contribution < -0.4 is 0 Å². The zero-order valence-electron chi connectivity index (χ0n) is 16.5. The van der Waals surface area contributed by atoms with Gasteiger partial charge in [-0.15, -0.1) is 10.2 Å². The van der Waals surface area contributed by atoms with Gasteiger partial charge in [-0.2, -0.15) is 4.98 Å². The van der Waals surface area contributed by atoms with E-state index in [-0.39, 0.29) is 12.4 Å². The van der Waals surface area contributed by atoms with Crippen molar-refractivity contribution in [3.8, 4) is 11.5 Å². The fourth-order valence-electron chi connectivity index (χ4n) is 2.80. The summed E-state index contributed by atoms with van der Waals surface area (Å²) < 4.78 is 17.6. The molecule has 31 heavy (non-hydrogen) atoms. The average Bonchev–Trinajstić information content (AvgIpc) is 3.50. The minimum absolute atomic E-state index is 0.0149. The number of carbonyl (C=O) groups is 1. The van der Waals surface area contributed by atoms with Gasteiger partial charge in [0.1, 0.15) is 18.0 Å². The van der Waals surface area contributed by atoms with Crippen molar-refractivity contribution in [2.24, 2.45) is 0 Å². The molecule has 3 heterocycles. The van der Waals surface area contributed by atoms with Crippen LogP contribution in [0.4, 0.5) is 0 Å². The van der Waals surface area contributed by atoms with Gasteiger partial charge in [0.2, 0.25) is 0 Å². The molecule has 0 bridgehead atoms. The highest BCUT2D eigenvalue weighted by atomic mass is 35.5. The molecule has 1 aromatic carbocycles. The van der Waals surface area contributed by atoms with Crippen LogP contribution in [-0.4, -0.2) is 37.5 Å². The van der Waals surface area contributed by atoms with Crippen molar-refractivity contribution in [1.29, 1.82) is 0 Å². The summed E-state index contributed by atoms with van der Waals surface area (Å²) in [7, 11) is 0. The minimum atomic E-state index is -0.366. The van der Waals surface area contributed by atoms with Crippen molar-refractivity contribution in [3.05, 3.63) is 65.1 Å². The lowest BCUT2D eigenvalue weighted by atomic mass is 10.2. The first-order valence-corrected chi connectivity index (χ1v) is 10.8. The van der Waals surface area contributed by atoms with Crippen molar-refractivity contribution in [1.82, 2.24) is 24.9 Å². The smallest absolute Gasteiger partial charge is 0.313 e. The maximum atomic E-state index is 11.9. The lowest BCUT2D eigenvalue weighted by Crippen LogP contribution is -2.14. The van der Waals surface area contributed by atoms with E-state index in [0.717, 1.165) is 0 Å². The predicted molar refractivity (Wildman–Crippen MR) is 112 cm³/mol. The van der Waals surface area contributed by atoms with Gasteiger partial charge >= 0.3 is 5.97 Å². The first-order chi connectivity index (χ1) is 15.1. The summed E-state index contributed by atoms with van der Waals surface area (Å²) in [6.45, 7) is 2.45. The lowest BCUT2D eigenvalue weighted by Gasteiger charge is -2.08. The van der Waals surface area contributed by atoms with Gasteiger partial charge in [0, 0.05) is 0 Å². The molecule has 0 fully saturated rings. The average molecular weight is 460 g/mol. The Morgan fingerprint density at radius 3 is 2.87 bits per heavy atom. The Kier molecular flexibility index (Phi) is 6.68. The molecule has 0 unspecified atom stereocenters. The maximum absolute atomic E-state index is 11.9. The SMILES string of the molecule is CCOC(=O)Cc1nnc(SCc2noc(-c3ccccc3Cl)n2)n1Cc1ccco1. The first kappa shape index (κ1) is 21.1. The number of rotatable bonds is 9. The summed E-state index contributed by atoms with van der Waals surface area (Å²) in [6.07, 6.45) is 1.61. The van der Waals surface area contributed by atoms with Gasteiger partial charge in [-0.25, -0.2) is 0 Å². The molecule has 160 valence electrons. The molecule has 0 saturated carbocycles. The topological polar surface area (TPSA) is 109 Å². The number of furan rings is 1. The van der Waals surface area contributed by atoms with E-state index in [1.807, 2.05) is 28.8 Å². The van der Waals surface area contributed by atoms with Crippen LogP contribution in [0.5, 0.6) is 0 Å². The number of aromatic nitrogens is 5. The molecule has 0 amide bonds. The third-order valence-electron chi connectivity index (χ3n) is 4.20. The van der Waals surface area contributed by atoms with Gasteiger partial charge in [0.15, 0.2) is 11.0 Å². The van der Waals surface area contributed by atoms with Gasteiger partial charge in [-0.3, -0.25) is 9.36 Å². The molecule has 0 aliphatic heterocycles.